The Balaban J connectivity index is 1.88. The highest BCUT2D eigenvalue weighted by atomic mass is 19.4. The van der Waals surface area contributed by atoms with Gasteiger partial charge in [-0.05, 0) is 62.8 Å². The van der Waals surface area contributed by atoms with E-state index < -0.39 is 17.5 Å². The lowest BCUT2D eigenvalue weighted by atomic mass is 9.82. The molecule has 0 aliphatic heterocycles. The quantitative estimate of drug-likeness (QED) is 0.394. The van der Waals surface area contributed by atoms with Crippen molar-refractivity contribution < 1.29 is 26.5 Å². The molecule has 1 saturated carbocycles. The van der Waals surface area contributed by atoms with Crippen molar-refractivity contribution in [2.24, 2.45) is 7.05 Å². The summed E-state index contributed by atoms with van der Waals surface area (Å²) in [5, 5.41) is 0. The van der Waals surface area contributed by atoms with Gasteiger partial charge in [-0.3, -0.25) is 0 Å². The number of aryl methyl sites for hydroxylation is 2. The minimum atomic E-state index is -4.33. The first-order valence-corrected chi connectivity index (χ1v) is 9.87. The summed E-state index contributed by atoms with van der Waals surface area (Å²) in [6.45, 7) is 4.18. The van der Waals surface area contributed by atoms with Crippen LogP contribution in [0.4, 0.5) is 22.0 Å². The molecule has 0 saturated heterocycles. The largest absolute Gasteiger partial charge is 0.397 e. The summed E-state index contributed by atoms with van der Waals surface area (Å²) in [5.41, 5.74) is 1.83. The summed E-state index contributed by atoms with van der Waals surface area (Å²) in [5.74, 6) is -2.44. The minimum Gasteiger partial charge on any atom is -0.207 e. The van der Waals surface area contributed by atoms with E-state index in [-0.39, 0.29) is 24.3 Å². The summed E-state index contributed by atoms with van der Waals surface area (Å²) in [7, 11) is 1.88. The van der Waals surface area contributed by atoms with E-state index in [0.717, 1.165) is 22.4 Å². The average molecular weight is 412 g/mol. The lowest BCUT2D eigenvalue weighted by Gasteiger charge is -2.29. The molecule has 158 valence electrons. The molecule has 3 rings (SSSR count). The second-order valence-corrected chi connectivity index (χ2v) is 8.74. The van der Waals surface area contributed by atoms with Gasteiger partial charge in [0.15, 0.2) is 6.20 Å². The van der Waals surface area contributed by atoms with E-state index in [1.54, 1.807) is 12.1 Å². The van der Waals surface area contributed by atoms with Crippen molar-refractivity contribution in [3.8, 4) is 11.3 Å². The predicted molar refractivity (Wildman–Crippen MR) is 103 cm³/mol. The highest BCUT2D eigenvalue weighted by molar-refractivity contribution is 5.62. The van der Waals surface area contributed by atoms with Crippen LogP contribution in [-0.4, -0.2) is 12.1 Å². The topological polar surface area (TPSA) is 3.88 Å². The third kappa shape index (κ3) is 4.31. The zero-order valence-electron chi connectivity index (χ0n) is 17.2. The molecule has 1 aromatic carbocycles. The second-order valence-electron chi connectivity index (χ2n) is 8.74. The molecule has 0 bridgehead atoms. The molecule has 29 heavy (non-hydrogen) atoms. The smallest absolute Gasteiger partial charge is 0.207 e. The Kier molecular flexibility index (Phi) is 5.52. The van der Waals surface area contributed by atoms with Gasteiger partial charge in [0.1, 0.15) is 7.05 Å². The van der Waals surface area contributed by atoms with E-state index >= 15 is 0 Å². The molecule has 1 aromatic heterocycles. The maximum absolute atomic E-state index is 13.4. The fraction of sp³-hybridized carbons (Fsp3) is 0.522. The molecule has 1 fully saturated rings. The van der Waals surface area contributed by atoms with Gasteiger partial charge >= 0.3 is 6.18 Å². The number of nitrogens with zero attached hydrogens (tertiary/aromatic N) is 1. The third-order valence-corrected chi connectivity index (χ3v) is 6.28. The Morgan fingerprint density at radius 3 is 2.14 bits per heavy atom. The first kappa shape index (κ1) is 21.7. The predicted octanol–water partition coefficient (Wildman–Crippen LogP) is 6.62. The van der Waals surface area contributed by atoms with Crippen molar-refractivity contribution in [3.63, 3.8) is 0 Å². The molecular weight excluding hydrogens is 385 g/mol. The van der Waals surface area contributed by atoms with Crippen molar-refractivity contribution in [2.45, 2.75) is 69.9 Å². The number of halogens is 5. The molecular formula is C23H27F5N+. The Labute approximate surface area is 168 Å². The molecule has 0 amide bonds. The molecule has 2 aromatic rings. The van der Waals surface area contributed by atoms with Gasteiger partial charge in [0.2, 0.25) is 11.6 Å². The Morgan fingerprint density at radius 1 is 1.00 bits per heavy atom. The van der Waals surface area contributed by atoms with Crippen LogP contribution < -0.4 is 4.57 Å². The molecule has 0 atom stereocenters. The van der Waals surface area contributed by atoms with Crippen molar-refractivity contribution in [3.05, 3.63) is 53.2 Å². The maximum Gasteiger partial charge on any atom is 0.397 e. The van der Waals surface area contributed by atoms with Gasteiger partial charge in [-0.25, -0.2) is 13.3 Å². The zero-order chi connectivity index (χ0) is 21.6. The van der Waals surface area contributed by atoms with Crippen molar-refractivity contribution in [1.29, 1.82) is 0 Å². The Morgan fingerprint density at radius 2 is 1.62 bits per heavy atom. The van der Waals surface area contributed by atoms with Crippen molar-refractivity contribution in [1.82, 2.24) is 0 Å². The summed E-state index contributed by atoms with van der Waals surface area (Å²) in [6.07, 6.45) is -1.61. The highest BCUT2D eigenvalue weighted by Crippen LogP contribution is 2.42. The summed E-state index contributed by atoms with van der Waals surface area (Å²) >= 11 is 0. The lowest BCUT2D eigenvalue weighted by molar-refractivity contribution is -0.660. The number of hydrogen-bond donors (Lipinski definition) is 0. The van der Waals surface area contributed by atoms with Crippen LogP contribution >= 0.6 is 0 Å². The van der Waals surface area contributed by atoms with E-state index in [0.29, 0.717) is 12.8 Å². The number of benzene rings is 1. The number of alkyl halides is 5. The number of pyridine rings is 1. The second kappa shape index (κ2) is 7.37. The van der Waals surface area contributed by atoms with Gasteiger partial charge in [-0.1, -0.05) is 12.1 Å². The van der Waals surface area contributed by atoms with E-state index in [2.05, 4.69) is 0 Å². The molecule has 0 unspecified atom stereocenters. The van der Waals surface area contributed by atoms with Crippen LogP contribution in [0.15, 0.2) is 36.5 Å². The zero-order valence-corrected chi connectivity index (χ0v) is 17.2. The van der Waals surface area contributed by atoms with Gasteiger partial charge in [0.25, 0.3) is 0 Å². The maximum atomic E-state index is 13.4. The van der Waals surface area contributed by atoms with Crippen LogP contribution in [0.25, 0.3) is 11.3 Å². The van der Waals surface area contributed by atoms with Gasteiger partial charge in [0.05, 0.1) is 5.41 Å². The summed E-state index contributed by atoms with van der Waals surface area (Å²) < 4.78 is 68.8. The van der Waals surface area contributed by atoms with E-state index in [9.17, 15) is 22.0 Å². The third-order valence-electron chi connectivity index (χ3n) is 6.28. The highest BCUT2D eigenvalue weighted by Gasteiger charge is 2.48. The number of rotatable bonds is 3. The fourth-order valence-corrected chi connectivity index (χ4v) is 4.03. The van der Waals surface area contributed by atoms with Gasteiger partial charge in [0, 0.05) is 30.0 Å². The van der Waals surface area contributed by atoms with Crippen LogP contribution in [0, 0.1) is 6.92 Å². The van der Waals surface area contributed by atoms with Gasteiger partial charge < -0.3 is 0 Å². The summed E-state index contributed by atoms with van der Waals surface area (Å²) in [4.78, 5) is 0. The van der Waals surface area contributed by atoms with Gasteiger partial charge in [-0.2, -0.15) is 13.2 Å². The lowest BCUT2D eigenvalue weighted by Crippen LogP contribution is -2.36. The molecule has 6 heteroatoms. The normalized spacial score (nSPS) is 18.1. The van der Waals surface area contributed by atoms with E-state index in [4.69, 9.17) is 0 Å². The van der Waals surface area contributed by atoms with Gasteiger partial charge in [-0.15, -0.1) is 0 Å². The number of aromatic nitrogens is 1. The number of hydrogen-bond acceptors (Lipinski definition) is 0. The SMILES string of the molecule is Cc1cc(C(C)(C)C(F)(F)F)ccc1-c1ccc(C2CCC(F)(F)CC2)c[n+]1C. The Bertz CT molecular complexity index is 889. The first-order chi connectivity index (χ1) is 13.3. The van der Waals surface area contributed by atoms with Crippen LogP contribution in [0.2, 0.25) is 0 Å². The van der Waals surface area contributed by atoms with Crippen LogP contribution in [0.5, 0.6) is 0 Å². The monoisotopic (exact) mass is 412 g/mol. The fourth-order valence-electron chi connectivity index (χ4n) is 4.03. The summed E-state index contributed by atoms with van der Waals surface area (Å²) in [6, 6.07) is 8.75. The van der Waals surface area contributed by atoms with E-state index in [1.165, 1.54) is 19.9 Å². The molecule has 1 aliphatic rings. The Hall–Kier alpha value is -1.98. The first-order valence-electron chi connectivity index (χ1n) is 9.87. The van der Waals surface area contributed by atoms with Crippen LogP contribution in [0.1, 0.15) is 62.1 Å². The molecule has 1 aliphatic carbocycles. The molecule has 1 heterocycles. The molecule has 0 radical (unpaired) electrons. The van der Waals surface area contributed by atoms with Crippen LogP contribution in [0.3, 0.4) is 0 Å². The molecule has 0 N–H and O–H groups in total. The minimum absolute atomic E-state index is 0.0846. The molecule has 0 spiro atoms. The van der Waals surface area contributed by atoms with Crippen molar-refractivity contribution in [2.75, 3.05) is 0 Å². The van der Waals surface area contributed by atoms with Crippen LogP contribution in [-0.2, 0) is 12.5 Å². The van der Waals surface area contributed by atoms with E-state index in [1.807, 2.05) is 36.9 Å². The standard InChI is InChI=1S/C23H27F5N/c1-15-13-18(21(2,3)23(26,27)28)6-7-19(15)20-8-5-17(14-29(20)4)16-9-11-22(24,25)12-10-16/h5-8,13-14,16H,9-12H2,1-4H3/q+1. The van der Waals surface area contributed by atoms with Crippen molar-refractivity contribution >= 4 is 0 Å². The average Bonchev–Trinajstić information content (AvgIpc) is 2.61. The molecule has 1 nitrogen and oxygen atoms in total.